The van der Waals surface area contributed by atoms with Crippen LogP contribution in [-0.2, 0) is 11.2 Å². The largest absolute Gasteiger partial charge is 0.483 e. The highest BCUT2D eigenvalue weighted by Crippen LogP contribution is 2.32. The zero-order valence-electron chi connectivity index (χ0n) is 15.2. The molecule has 1 aliphatic rings. The monoisotopic (exact) mass is 354 g/mol. The number of hydrogen-bond donors (Lipinski definition) is 0. The van der Waals surface area contributed by atoms with Crippen molar-refractivity contribution in [2.45, 2.75) is 33.1 Å². The van der Waals surface area contributed by atoms with E-state index >= 15 is 0 Å². The van der Waals surface area contributed by atoms with Gasteiger partial charge in [-0.3, -0.25) is 14.9 Å². The molecular formula is C20H22N2O4. The third-order valence-corrected chi connectivity index (χ3v) is 4.62. The van der Waals surface area contributed by atoms with Crippen LogP contribution >= 0.6 is 0 Å². The molecule has 6 heteroatoms. The summed E-state index contributed by atoms with van der Waals surface area (Å²) in [5.74, 6) is 0.808. The van der Waals surface area contributed by atoms with Crippen molar-refractivity contribution in [3.8, 4) is 5.75 Å². The molecule has 0 bridgehead atoms. The SMILES string of the molecule is Cc1ccc(C(C)C)c(OCC(=O)N2CCc3ccc([N+](=O)[O-])cc32)c1. The molecule has 26 heavy (non-hydrogen) atoms. The van der Waals surface area contributed by atoms with Crippen LogP contribution in [0, 0.1) is 17.0 Å². The number of ether oxygens (including phenoxy) is 1. The van der Waals surface area contributed by atoms with E-state index in [1.807, 2.05) is 25.1 Å². The molecule has 0 radical (unpaired) electrons. The third-order valence-electron chi connectivity index (χ3n) is 4.62. The van der Waals surface area contributed by atoms with E-state index in [2.05, 4.69) is 13.8 Å². The molecule has 0 saturated heterocycles. The lowest BCUT2D eigenvalue weighted by molar-refractivity contribution is -0.384. The first-order chi connectivity index (χ1) is 12.4. The number of amides is 1. The van der Waals surface area contributed by atoms with Gasteiger partial charge in [-0.25, -0.2) is 0 Å². The smallest absolute Gasteiger partial charge is 0.271 e. The van der Waals surface area contributed by atoms with Crippen LogP contribution in [0.1, 0.15) is 36.5 Å². The highest BCUT2D eigenvalue weighted by atomic mass is 16.6. The summed E-state index contributed by atoms with van der Waals surface area (Å²) in [6, 6.07) is 10.6. The number of hydrogen-bond acceptors (Lipinski definition) is 4. The average molecular weight is 354 g/mol. The van der Waals surface area contributed by atoms with Crippen molar-refractivity contribution in [3.05, 3.63) is 63.2 Å². The summed E-state index contributed by atoms with van der Waals surface area (Å²) in [7, 11) is 0. The van der Waals surface area contributed by atoms with Crippen molar-refractivity contribution in [2.24, 2.45) is 0 Å². The fourth-order valence-corrected chi connectivity index (χ4v) is 3.20. The van der Waals surface area contributed by atoms with E-state index in [1.165, 1.54) is 12.1 Å². The van der Waals surface area contributed by atoms with Crippen molar-refractivity contribution in [2.75, 3.05) is 18.1 Å². The van der Waals surface area contributed by atoms with Crippen LogP contribution in [0.3, 0.4) is 0 Å². The lowest BCUT2D eigenvalue weighted by Gasteiger charge is -2.19. The maximum absolute atomic E-state index is 12.7. The first-order valence-electron chi connectivity index (χ1n) is 8.68. The molecule has 1 amide bonds. The highest BCUT2D eigenvalue weighted by molar-refractivity contribution is 5.96. The number of anilines is 1. The number of fused-ring (bicyclic) bond motifs is 1. The molecule has 6 nitrogen and oxygen atoms in total. The second-order valence-electron chi connectivity index (χ2n) is 6.85. The number of rotatable bonds is 5. The molecule has 0 saturated carbocycles. The average Bonchev–Trinajstić information content (AvgIpc) is 3.02. The van der Waals surface area contributed by atoms with Crippen LogP contribution < -0.4 is 9.64 Å². The van der Waals surface area contributed by atoms with Gasteiger partial charge < -0.3 is 9.64 Å². The number of aryl methyl sites for hydroxylation is 1. The van der Waals surface area contributed by atoms with Gasteiger partial charge in [0.2, 0.25) is 0 Å². The van der Waals surface area contributed by atoms with Crippen LogP contribution in [0.15, 0.2) is 36.4 Å². The van der Waals surface area contributed by atoms with Gasteiger partial charge >= 0.3 is 0 Å². The van der Waals surface area contributed by atoms with E-state index < -0.39 is 4.92 Å². The predicted molar refractivity (Wildman–Crippen MR) is 99.9 cm³/mol. The lowest BCUT2D eigenvalue weighted by Crippen LogP contribution is -2.33. The molecule has 3 rings (SSSR count). The maximum Gasteiger partial charge on any atom is 0.271 e. The van der Waals surface area contributed by atoms with Crippen molar-refractivity contribution in [1.29, 1.82) is 0 Å². The van der Waals surface area contributed by atoms with E-state index in [9.17, 15) is 14.9 Å². The molecule has 0 fully saturated rings. The topological polar surface area (TPSA) is 72.7 Å². The van der Waals surface area contributed by atoms with Crippen LogP contribution in [0.25, 0.3) is 0 Å². The van der Waals surface area contributed by atoms with Gasteiger partial charge in [0, 0.05) is 18.7 Å². The molecule has 136 valence electrons. The van der Waals surface area contributed by atoms with Crippen molar-refractivity contribution >= 4 is 17.3 Å². The number of non-ortho nitro benzene ring substituents is 1. The minimum Gasteiger partial charge on any atom is -0.483 e. The Balaban J connectivity index is 1.76. The summed E-state index contributed by atoms with van der Waals surface area (Å²) in [4.78, 5) is 24.8. The molecule has 1 heterocycles. The fourth-order valence-electron chi connectivity index (χ4n) is 3.20. The summed E-state index contributed by atoms with van der Waals surface area (Å²) in [5.41, 5.74) is 3.67. The number of benzene rings is 2. The summed E-state index contributed by atoms with van der Waals surface area (Å²) in [5, 5.41) is 11.0. The zero-order chi connectivity index (χ0) is 18.8. The molecule has 0 N–H and O–H groups in total. The molecule has 0 spiro atoms. The summed E-state index contributed by atoms with van der Waals surface area (Å²) in [6.07, 6.45) is 0.695. The van der Waals surface area contributed by atoms with Gasteiger partial charge in [0.1, 0.15) is 5.75 Å². The first kappa shape index (κ1) is 17.9. The molecule has 1 aliphatic heterocycles. The quantitative estimate of drug-likeness (QED) is 0.601. The summed E-state index contributed by atoms with van der Waals surface area (Å²) >= 11 is 0. The number of carbonyl (C=O) groups is 1. The Kier molecular flexibility index (Phi) is 4.93. The maximum atomic E-state index is 12.7. The Morgan fingerprint density at radius 3 is 2.73 bits per heavy atom. The van der Waals surface area contributed by atoms with E-state index in [1.54, 1.807) is 11.0 Å². The molecule has 2 aromatic carbocycles. The Morgan fingerprint density at radius 2 is 2.04 bits per heavy atom. The number of nitro groups is 1. The molecule has 0 aromatic heterocycles. The van der Waals surface area contributed by atoms with Crippen LogP contribution in [0.5, 0.6) is 5.75 Å². The van der Waals surface area contributed by atoms with Crippen LogP contribution in [0.4, 0.5) is 11.4 Å². The van der Waals surface area contributed by atoms with E-state index in [0.29, 0.717) is 24.4 Å². The van der Waals surface area contributed by atoms with Gasteiger partial charge in [0.05, 0.1) is 10.6 Å². The minimum absolute atomic E-state index is 0.00912. The first-order valence-corrected chi connectivity index (χ1v) is 8.68. The van der Waals surface area contributed by atoms with Gasteiger partial charge in [-0.05, 0) is 42.0 Å². The summed E-state index contributed by atoms with van der Waals surface area (Å²) < 4.78 is 5.82. The van der Waals surface area contributed by atoms with Crippen molar-refractivity contribution in [3.63, 3.8) is 0 Å². The molecular weight excluding hydrogens is 332 g/mol. The van der Waals surface area contributed by atoms with Crippen molar-refractivity contribution < 1.29 is 14.5 Å². The Hall–Kier alpha value is -2.89. The van der Waals surface area contributed by atoms with Gasteiger partial charge in [-0.2, -0.15) is 0 Å². The Bertz CT molecular complexity index is 861. The molecule has 0 aliphatic carbocycles. The van der Waals surface area contributed by atoms with Gasteiger partial charge in [0.25, 0.3) is 11.6 Å². The summed E-state index contributed by atoms with van der Waals surface area (Å²) in [6.45, 7) is 6.56. The Morgan fingerprint density at radius 1 is 1.27 bits per heavy atom. The van der Waals surface area contributed by atoms with Crippen LogP contribution in [-0.4, -0.2) is 24.0 Å². The molecule has 0 unspecified atom stereocenters. The second kappa shape index (κ2) is 7.15. The van der Waals surface area contributed by atoms with E-state index in [-0.39, 0.29) is 24.1 Å². The number of carbonyl (C=O) groups excluding carboxylic acids is 1. The van der Waals surface area contributed by atoms with Gasteiger partial charge in [-0.1, -0.05) is 32.0 Å². The third kappa shape index (κ3) is 3.54. The molecule has 2 aromatic rings. The van der Waals surface area contributed by atoms with Crippen LogP contribution in [0.2, 0.25) is 0 Å². The Labute approximate surface area is 152 Å². The molecule has 0 atom stereocenters. The standard InChI is InChI=1S/C20H22N2O4/c1-13(2)17-7-4-14(3)10-19(17)26-12-20(23)21-9-8-15-5-6-16(22(24)25)11-18(15)21/h4-7,10-11,13H,8-9,12H2,1-3H3. The normalized spacial score (nSPS) is 13.0. The van der Waals surface area contributed by atoms with E-state index in [4.69, 9.17) is 4.74 Å². The lowest BCUT2D eigenvalue weighted by atomic mass is 10.0. The van der Waals surface area contributed by atoms with E-state index in [0.717, 1.165) is 16.7 Å². The fraction of sp³-hybridized carbons (Fsp3) is 0.350. The second-order valence-corrected chi connectivity index (χ2v) is 6.85. The minimum atomic E-state index is -0.445. The van der Waals surface area contributed by atoms with Gasteiger partial charge in [0.15, 0.2) is 6.61 Å². The van der Waals surface area contributed by atoms with Gasteiger partial charge in [-0.15, -0.1) is 0 Å². The highest BCUT2D eigenvalue weighted by Gasteiger charge is 2.27. The zero-order valence-corrected chi connectivity index (χ0v) is 15.2. The number of nitro benzene ring substituents is 1. The van der Waals surface area contributed by atoms with Crippen molar-refractivity contribution in [1.82, 2.24) is 0 Å². The predicted octanol–water partition coefficient (Wildman–Crippen LogP) is 3.99. The number of nitrogens with zero attached hydrogens (tertiary/aromatic N) is 2.